The average Bonchev–Trinajstić information content (AvgIpc) is 2.87. The SMILES string of the molecule is CC(N)C1=CC2(CCCC2)c2ccccc21. The Kier molecular flexibility index (Phi) is 2.18. The number of fused-ring (bicyclic) bond motifs is 2. The molecule has 84 valence electrons. The zero-order valence-corrected chi connectivity index (χ0v) is 9.87. The van der Waals surface area contributed by atoms with Crippen molar-refractivity contribution in [2.24, 2.45) is 5.73 Å². The summed E-state index contributed by atoms with van der Waals surface area (Å²) in [4.78, 5) is 0. The second kappa shape index (κ2) is 3.46. The molecule has 0 aliphatic heterocycles. The minimum atomic E-state index is 0.154. The first-order chi connectivity index (χ1) is 7.73. The van der Waals surface area contributed by atoms with Gasteiger partial charge in [0.15, 0.2) is 0 Å². The highest BCUT2D eigenvalue weighted by molar-refractivity contribution is 5.79. The van der Waals surface area contributed by atoms with Crippen molar-refractivity contribution >= 4 is 5.57 Å². The Bertz CT molecular complexity index is 437. The third-order valence-corrected chi connectivity index (χ3v) is 4.19. The van der Waals surface area contributed by atoms with Crippen molar-refractivity contribution in [2.75, 3.05) is 0 Å². The number of nitrogens with two attached hydrogens (primary N) is 1. The van der Waals surface area contributed by atoms with E-state index in [1.165, 1.54) is 42.4 Å². The quantitative estimate of drug-likeness (QED) is 0.761. The molecule has 1 fully saturated rings. The van der Waals surface area contributed by atoms with Crippen LogP contribution in [0.5, 0.6) is 0 Å². The fourth-order valence-electron chi connectivity index (χ4n) is 3.42. The van der Waals surface area contributed by atoms with Crippen LogP contribution in [0, 0.1) is 0 Å². The molecule has 1 aromatic carbocycles. The second-order valence-corrected chi connectivity index (χ2v) is 5.30. The van der Waals surface area contributed by atoms with Gasteiger partial charge in [0.1, 0.15) is 0 Å². The first-order valence-electron chi connectivity index (χ1n) is 6.31. The van der Waals surface area contributed by atoms with E-state index in [0.29, 0.717) is 5.41 Å². The monoisotopic (exact) mass is 213 g/mol. The van der Waals surface area contributed by atoms with Crippen LogP contribution in [0.3, 0.4) is 0 Å². The van der Waals surface area contributed by atoms with E-state index in [-0.39, 0.29) is 6.04 Å². The third kappa shape index (κ3) is 1.28. The average molecular weight is 213 g/mol. The van der Waals surface area contributed by atoms with Crippen LogP contribution < -0.4 is 5.73 Å². The zero-order valence-electron chi connectivity index (χ0n) is 9.87. The molecule has 1 unspecified atom stereocenters. The van der Waals surface area contributed by atoms with E-state index in [1.54, 1.807) is 0 Å². The van der Waals surface area contributed by atoms with Crippen molar-refractivity contribution in [3.63, 3.8) is 0 Å². The Labute approximate surface area is 97.4 Å². The summed E-state index contributed by atoms with van der Waals surface area (Å²) in [5, 5.41) is 0. The van der Waals surface area contributed by atoms with Gasteiger partial charge < -0.3 is 5.73 Å². The normalized spacial score (nSPS) is 23.2. The van der Waals surface area contributed by atoms with Gasteiger partial charge in [-0.15, -0.1) is 0 Å². The first kappa shape index (κ1) is 10.1. The minimum Gasteiger partial charge on any atom is -0.324 e. The van der Waals surface area contributed by atoms with Gasteiger partial charge in [0.25, 0.3) is 0 Å². The molecule has 1 nitrogen and oxygen atoms in total. The molecule has 0 aromatic heterocycles. The molecule has 1 spiro atoms. The van der Waals surface area contributed by atoms with Crippen molar-refractivity contribution in [2.45, 2.75) is 44.1 Å². The summed E-state index contributed by atoms with van der Waals surface area (Å²) in [6.07, 6.45) is 7.80. The molecule has 0 bridgehead atoms. The fourth-order valence-corrected chi connectivity index (χ4v) is 3.42. The molecule has 1 atom stereocenters. The van der Waals surface area contributed by atoms with E-state index in [2.05, 4.69) is 37.3 Å². The largest absolute Gasteiger partial charge is 0.324 e. The highest BCUT2D eigenvalue weighted by Gasteiger charge is 2.40. The summed E-state index contributed by atoms with van der Waals surface area (Å²) in [6.45, 7) is 2.09. The lowest BCUT2D eigenvalue weighted by molar-refractivity contribution is 0.567. The summed E-state index contributed by atoms with van der Waals surface area (Å²) >= 11 is 0. The van der Waals surface area contributed by atoms with Gasteiger partial charge in [-0.3, -0.25) is 0 Å². The summed E-state index contributed by atoms with van der Waals surface area (Å²) < 4.78 is 0. The van der Waals surface area contributed by atoms with Crippen LogP contribution in [0.25, 0.3) is 5.57 Å². The Hall–Kier alpha value is -1.08. The van der Waals surface area contributed by atoms with Gasteiger partial charge in [0, 0.05) is 11.5 Å². The lowest BCUT2D eigenvalue weighted by Crippen LogP contribution is -2.17. The van der Waals surface area contributed by atoms with Gasteiger partial charge in [-0.2, -0.15) is 0 Å². The van der Waals surface area contributed by atoms with Crippen molar-refractivity contribution < 1.29 is 0 Å². The Morgan fingerprint density at radius 1 is 1.19 bits per heavy atom. The van der Waals surface area contributed by atoms with Crippen LogP contribution in [-0.4, -0.2) is 6.04 Å². The summed E-state index contributed by atoms with van der Waals surface area (Å²) in [5.41, 5.74) is 10.7. The van der Waals surface area contributed by atoms with Gasteiger partial charge in [-0.1, -0.05) is 43.2 Å². The molecule has 1 aromatic rings. The molecule has 0 amide bonds. The number of benzene rings is 1. The predicted molar refractivity (Wildman–Crippen MR) is 68.2 cm³/mol. The maximum atomic E-state index is 6.10. The van der Waals surface area contributed by atoms with Gasteiger partial charge >= 0.3 is 0 Å². The van der Waals surface area contributed by atoms with Gasteiger partial charge in [-0.05, 0) is 36.5 Å². The van der Waals surface area contributed by atoms with Gasteiger partial charge in [0.05, 0.1) is 0 Å². The van der Waals surface area contributed by atoms with Crippen molar-refractivity contribution in [3.05, 3.63) is 41.5 Å². The lowest BCUT2D eigenvalue weighted by atomic mass is 9.81. The molecule has 1 heteroatoms. The van der Waals surface area contributed by atoms with Crippen LogP contribution in [0.2, 0.25) is 0 Å². The molecule has 2 aliphatic carbocycles. The minimum absolute atomic E-state index is 0.154. The topological polar surface area (TPSA) is 26.0 Å². The Balaban J connectivity index is 2.17. The molecule has 3 rings (SSSR count). The first-order valence-corrected chi connectivity index (χ1v) is 6.31. The van der Waals surface area contributed by atoms with Crippen molar-refractivity contribution in [3.8, 4) is 0 Å². The molecule has 0 heterocycles. The van der Waals surface area contributed by atoms with Crippen LogP contribution >= 0.6 is 0 Å². The molecular formula is C15H19N. The van der Waals surface area contributed by atoms with E-state index in [0.717, 1.165) is 0 Å². The van der Waals surface area contributed by atoms with Crippen LogP contribution in [0.15, 0.2) is 30.3 Å². The highest BCUT2D eigenvalue weighted by atomic mass is 14.6. The van der Waals surface area contributed by atoms with Gasteiger partial charge in [0.2, 0.25) is 0 Å². The fraction of sp³-hybridized carbons (Fsp3) is 0.467. The van der Waals surface area contributed by atoms with E-state index in [4.69, 9.17) is 5.73 Å². The van der Waals surface area contributed by atoms with E-state index < -0.39 is 0 Å². The lowest BCUT2D eigenvalue weighted by Gasteiger charge is -2.22. The molecule has 0 saturated heterocycles. The molecule has 16 heavy (non-hydrogen) atoms. The highest BCUT2D eigenvalue weighted by Crippen LogP contribution is 2.50. The smallest absolute Gasteiger partial charge is 0.0269 e. The maximum absolute atomic E-state index is 6.10. The van der Waals surface area contributed by atoms with E-state index in [9.17, 15) is 0 Å². The number of hydrogen-bond donors (Lipinski definition) is 1. The maximum Gasteiger partial charge on any atom is 0.0269 e. The summed E-state index contributed by atoms with van der Waals surface area (Å²) in [5.74, 6) is 0. The molecule has 1 saturated carbocycles. The van der Waals surface area contributed by atoms with Crippen molar-refractivity contribution in [1.82, 2.24) is 0 Å². The van der Waals surface area contributed by atoms with Gasteiger partial charge in [-0.25, -0.2) is 0 Å². The van der Waals surface area contributed by atoms with Crippen LogP contribution in [-0.2, 0) is 5.41 Å². The molecule has 2 aliphatic rings. The summed E-state index contributed by atoms with van der Waals surface area (Å²) in [6, 6.07) is 8.98. The van der Waals surface area contributed by atoms with Crippen LogP contribution in [0.4, 0.5) is 0 Å². The number of hydrogen-bond acceptors (Lipinski definition) is 1. The van der Waals surface area contributed by atoms with Crippen LogP contribution in [0.1, 0.15) is 43.7 Å². The standard InChI is InChI=1S/C15H19N/c1-11(16)13-10-15(8-4-5-9-15)14-7-3-2-6-12(13)14/h2-3,6-7,10-11H,4-5,8-9,16H2,1H3. The third-order valence-electron chi connectivity index (χ3n) is 4.19. The predicted octanol–water partition coefficient (Wildman–Crippen LogP) is 3.24. The zero-order chi connectivity index (χ0) is 11.2. The number of rotatable bonds is 1. The summed E-state index contributed by atoms with van der Waals surface area (Å²) in [7, 11) is 0. The Morgan fingerprint density at radius 2 is 1.88 bits per heavy atom. The molecule has 0 radical (unpaired) electrons. The second-order valence-electron chi connectivity index (χ2n) is 5.30. The molecule has 2 N–H and O–H groups in total. The van der Waals surface area contributed by atoms with E-state index >= 15 is 0 Å². The van der Waals surface area contributed by atoms with E-state index in [1.807, 2.05) is 0 Å². The number of allylic oxidation sites excluding steroid dienone is 1. The Morgan fingerprint density at radius 3 is 2.56 bits per heavy atom. The molecular weight excluding hydrogens is 194 g/mol. The van der Waals surface area contributed by atoms with Crippen molar-refractivity contribution in [1.29, 1.82) is 0 Å².